The lowest BCUT2D eigenvalue weighted by Gasteiger charge is -2.00. The predicted octanol–water partition coefficient (Wildman–Crippen LogP) is 0.0438. The van der Waals surface area contributed by atoms with E-state index in [2.05, 4.69) is 10.2 Å². The Morgan fingerprint density at radius 2 is 2.57 bits per heavy atom. The Hall–Kier alpha value is 0.210. The van der Waals surface area contributed by atoms with Crippen LogP contribution in [0.5, 0.6) is 0 Å². The van der Waals surface area contributed by atoms with Gasteiger partial charge in [0, 0.05) is 13.2 Å². The molecular formula is C4H9ClN2. The van der Waals surface area contributed by atoms with Gasteiger partial charge in [-0.15, -0.1) is 11.6 Å². The maximum absolute atomic E-state index is 5.65. The van der Waals surface area contributed by atoms with E-state index in [4.69, 9.17) is 11.6 Å². The molecule has 0 saturated carbocycles. The van der Waals surface area contributed by atoms with Crippen LogP contribution in [-0.4, -0.2) is 30.7 Å². The minimum absolute atomic E-state index is 0.171. The number of halogens is 1. The van der Waals surface area contributed by atoms with Crippen LogP contribution in [0.3, 0.4) is 0 Å². The molecule has 0 aromatic carbocycles. The van der Waals surface area contributed by atoms with Gasteiger partial charge in [-0.2, -0.15) is 0 Å². The molecule has 0 amide bonds. The molecule has 2 nitrogen and oxygen atoms in total. The van der Waals surface area contributed by atoms with Crippen molar-refractivity contribution in [2.24, 2.45) is 0 Å². The molecule has 1 N–H and O–H groups in total. The third-order valence-corrected chi connectivity index (χ3v) is 1.35. The summed E-state index contributed by atoms with van der Waals surface area (Å²) in [7, 11) is 2.04. The van der Waals surface area contributed by atoms with E-state index in [9.17, 15) is 0 Å². The van der Waals surface area contributed by atoms with Crippen molar-refractivity contribution in [1.29, 1.82) is 0 Å². The van der Waals surface area contributed by atoms with Gasteiger partial charge in [-0.25, -0.2) is 0 Å². The summed E-state index contributed by atoms with van der Waals surface area (Å²) in [4.78, 5) is 2.14. The smallest absolute Gasteiger partial charge is 0.0964 e. The molecule has 1 saturated heterocycles. The number of nitrogens with one attached hydrogen (secondary N) is 1. The maximum atomic E-state index is 5.65. The van der Waals surface area contributed by atoms with Gasteiger partial charge in [-0.1, -0.05) is 0 Å². The largest absolute Gasteiger partial charge is 0.291 e. The summed E-state index contributed by atoms with van der Waals surface area (Å²) in [5.74, 6) is 0. The second-order valence-electron chi connectivity index (χ2n) is 1.87. The molecule has 0 aromatic heterocycles. The highest BCUT2D eigenvalue weighted by Crippen LogP contribution is 1.99. The highest BCUT2D eigenvalue weighted by atomic mass is 35.5. The van der Waals surface area contributed by atoms with Crippen molar-refractivity contribution < 1.29 is 0 Å². The van der Waals surface area contributed by atoms with Crippen molar-refractivity contribution in [3.8, 4) is 0 Å². The normalized spacial score (nSPS) is 34.3. The summed E-state index contributed by atoms with van der Waals surface area (Å²) in [5.41, 5.74) is 0.171. The van der Waals surface area contributed by atoms with Crippen LogP contribution < -0.4 is 5.32 Å². The second-order valence-corrected chi connectivity index (χ2v) is 2.40. The SMILES string of the molecule is CN1CNC(Cl)C1. The van der Waals surface area contributed by atoms with Crippen molar-refractivity contribution in [1.82, 2.24) is 10.2 Å². The van der Waals surface area contributed by atoms with Crippen LogP contribution in [-0.2, 0) is 0 Å². The molecule has 0 aliphatic carbocycles. The minimum atomic E-state index is 0.171. The number of hydrogen-bond acceptors (Lipinski definition) is 2. The molecule has 1 heterocycles. The number of rotatable bonds is 0. The zero-order chi connectivity index (χ0) is 5.28. The zero-order valence-corrected chi connectivity index (χ0v) is 5.07. The average molecular weight is 121 g/mol. The fourth-order valence-corrected chi connectivity index (χ4v) is 0.962. The molecule has 1 atom stereocenters. The highest BCUT2D eigenvalue weighted by Gasteiger charge is 2.13. The standard InChI is InChI=1S/C4H9ClN2/c1-7-2-4(5)6-3-7/h4,6H,2-3H2,1H3. The first-order chi connectivity index (χ1) is 3.29. The van der Waals surface area contributed by atoms with Gasteiger partial charge in [0.1, 0.15) is 0 Å². The van der Waals surface area contributed by atoms with Crippen LogP contribution >= 0.6 is 11.6 Å². The topological polar surface area (TPSA) is 15.3 Å². The van der Waals surface area contributed by atoms with Crippen LogP contribution in [0.25, 0.3) is 0 Å². The van der Waals surface area contributed by atoms with Crippen LogP contribution in [0.15, 0.2) is 0 Å². The van der Waals surface area contributed by atoms with E-state index in [0.717, 1.165) is 13.2 Å². The molecule has 1 aliphatic heterocycles. The van der Waals surface area contributed by atoms with Gasteiger partial charge in [-0.05, 0) is 7.05 Å². The molecule has 1 unspecified atom stereocenters. The lowest BCUT2D eigenvalue weighted by atomic mass is 10.6. The Morgan fingerprint density at radius 1 is 1.86 bits per heavy atom. The van der Waals surface area contributed by atoms with Crippen molar-refractivity contribution in [2.75, 3.05) is 20.3 Å². The van der Waals surface area contributed by atoms with Gasteiger partial charge < -0.3 is 0 Å². The van der Waals surface area contributed by atoms with Gasteiger partial charge in [0.25, 0.3) is 0 Å². The molecule has 0 spiro atoms. The first-order valence-corrected chi connectivity index (χ1v) is 2.78. The predicted molar refractivity (Wildman–Crippen MR) is 30.3 cm³/mol. The number of hydrogen-bond donors (Lipinski definition) is 1. The summed E-state index contributed by atoms with van der Waals surface area (Å²) in [6.07, 6.45) is 0. The fraction of sp³-hybridized carbons (Fsp3) is 1.00. The van der Waals surface area contributed by atoms with Crippen LogP contribution in [0, 0.1) is 0 Å². The Balaban J connectivity index is 2.26. The van der Waals surface area contributed by atoms with Gasteiger partial charge in [-0.3, -0.25) is 10.2 Å². The highest BCUT2D eigenvalue weighted by molar-refractivity contribution is 6.20. The third kappa shape index (κ3) is 1.30. The van der Waals surface area contributed by atoms with E-state index in [1.807, 2.05) is 7.05 Å². The van der Waals surface area contributed by atoms with Crippen molar-refractivity contribution >= 4 is 11.6 Å². The molecule has 1 fully saturated rings. The van der Waals surface area contributed by atoms with Crippen LogP contribution in [0.2, 0.25) is 0 Å². The van der Waals surface area contributed by atoms with E-state index < -0.39 is 0 Å². The van der Waals surface area contributed by atoms with Crippen molar-refractivity contribution in [3.63, 3.8) is 0 Å². The molecule has 1 rings (SSSR count). The monoisotopic (exact) mass is 120 g/mol. The lowest BCUT2D eigenvalue weighted by Crippen LogP contribution is -2.16. The van der Waals surface area contributed by atoms with Gasteiger partial charge >= 0.3 is 0 Å². The van der Waals surface area contributed by atoms with Crippen molar-refractivity contribution in [3.05, 3.63) is 0 Å². The molecule has 0 bridgehead atoms. The van der Waals surface area contributed by atoms with E-state index in [1.165, 1.54) is 0 Å². The van der Waals surface area contributed by atoms with Gasteiger partial charge in [0.2, 0.25) is 0 Å². The number of likely N-dealkylation sites (N-methyl/N-ethyl adjacent to an activating group) is 1. The first kappa shape index (κ1) is 5.35. The summed E-state index contributed by atoms with van der Waals surface area (Å²) in [5, 5.41) is 3.06. The van der Waals surface area contributed by atoms with E-state index in [-0.39, 0.29) is 5.50 Å². The lowest BCUT2D eigenvalue weighted by molar-refractivity contribution is 0.411. The molecule has 0 radical (unpaired) electrons. The molecule has 1 aliphatic rings. The van der Waals surface area contributed by atoms with E-state index in [0.29, 0.717) is 0 Å². The number of alkyl halides is 1. The molecule has 3 heteroatoms. The average Bonchev–Trinajstić information content (AvgIpc) is 1.87. The molecule has 42 valence electrons. The number of nitrogens with zero attached hydrogens (tertiary/aromatic N) is 1. The summed E-state index contributed by atoms with van der Waals surface area (Å²) in [6, 6.07) is 0. The Kier molecular flexibility index (Phi) is 1.52. The molecular weight excluding hydrogens is 112 g/mol. The Bertz CT molecular complexity index is 58.7. The molecule has 0 aromatic rings. The summed E-state index contributed by atoms with van der Waals surface area (Å²) in [6.45, 7) is 1.88. The first-order valence-electron chi connectivity index (χ1n) is 2.35. The van der Waals surface area contributed by atoms with E-state index >= 15 is 0 Å². The maximum Gasteiger partial charge on any atom is 0.0964 e. The van der Waals surface area contributed by atoms with Crippen LogP contribution in [0.4, 0.5) is 0 Å². The quantitative estimate of drug-likeness (QED) is 0.359. The zero-order valence-electron chi connectivity index (χ0n) is 4.32. The summed E-state index contributed by atoms with van der Waals surface area (Å²) >= 11 is 5.65. The van der Waals surface area contributed by atoms with E-state index in [1.54, 1.807) is 0 Å². The van der Waals surface area contributed by atoms with Crippen LogP contribution in [0.1, 0.15) is 0 Å². The Morgan fingerprint density at radius 3 is 2.71 bits per heavy atom. The minimum Gasteiger partial charge on any atom is -0.291 e. The van der Waals surface area contributed by atoms with Crippen molar-refractivity contribution in [2.45, 2.75) is 5.50 Å². The molecule has 7 heavy (non-hydrogen) atoms. The van der Waals surface area contributed by atoms with Gasteiger partial charge in [0.15, 0.2) is 0 Å². The fourth-order valence-electron chi connectivity index (χ4n) is 0.658. The second kappa shape index (κ2) is 1.99. The summed E-state index contributed by atoms with van der Waals surface area (Å²) < 4.78 is 0. The Labute approximate surface area is 48.4 Å². The van der Waals surface area contributed by atoms with Gasteiger partial charge in [0.05, 0.1) is 5.50 Å². The third-order valence-electron chi connectivity index (χ3n) is 1.05.